The Bertz CT molecular complexity index is 359. The lowest BCUT2D eigenvalue weighted by molar-refractivity contribution is -0.143. The van der Waals surface area contributed by atoms with E-state index < -0.39 is 12.0 Å². The van der Waals surface area contributed by atoms with E-state index in [4.69, 9.17) is 15.6 Å². The third-order valence-corrected chi connectivity index (χ3v) is 2.04. The summed E-state index contributed by atoms with van der Waals surface area (Å²) >= 11 is 0. The topological polar surface area (TPSA) is 72.5 Å². The van der Waals surface area contributed by atoms with E-state index in [2.05, 4.69) is 6.58 Å². The first-order valence-electron chi connectivity index (χ1n) is 4.94. The molecule has 0 heterocycles. The molecule has 0 saturated heterocycles. The van der Waals surface area contributed by atoms with Gasteiger partial charge in [0.1, 0.15) is 18.4 Å². The molecule has 0 spiro atoms. The Morgan fingerprint density at radius 1 is 1.50 bits per heavy atom. The van der Waals surface area contributed by atoms with E-state index >= 15 is 0 Å². The fourth-order valence-corrected chi connectivity index (χ4v) is 1.22. The molecule has 0 amide bonds. The van der Waals surface area contributed by atoms with Crippen LogP contribution in [0.1, 0.15) is 5.56 Å². The summed E-state index contributed by atoms with van der Waals surface area (Å²) in [7, 11) is 0. The standard InChI is InChI=1S/C12H15NO3/c1-2-7-16-12(15)11(13)8-9-3-5-10(14)6-4-9/h2-6,11,14H,1,7-8,13H2/t11-/m0/s1. The van der Waals surface area contributed by atoms with Crippen LogP contribution in [0.2, 0.25) is 0 Å². The number of nitrogens with two attached hydrogens (primary N) is 1. The summed E-state index contributed by atoms with van der Waals surface area (Å²) < 4.78 is 4.82. The van der Waals surface area contributed by atoms with Gasteiger partial charge in [-0.3, -0.25) is 4.79 Å². The average Bonchev–Trinajstić information content (AvgIpc) is 2.29. The lowest BCUT2D eigenvalue weighted by Crippen LogP contribution is -2.34. The van der Waals surface area contributed by atoms with E-state index in [1.807, 2.05) is 0 Å². The molecule has 1 aromatic rings. The SMILES string of the molecule is C=CCOC(=O)[C@@H](N)Cc1ccc(O)cc1. The molecule has 3 N–H and O–H groups in total. The molecule has 0 saturated carbocycles. The molecule has 1 atom stereocenters. The van der Waals surface area contributed by atoms with Gasteiger partial charge in [-0.2, -0.15) is 0 Å². The van der Waals surface area contributed by atoms with Gasteiger partial charge in [-0.05, 0) is 24.1 Å². The molecule has 0 aromatic heterocycles. The molecule has 0 radical (unpaired) electrons. The van der Waals surface area contributed by atoms with Crippen LogP contribution < -0.4 is 5.73 Å². The maximum Gasteiger partial charge on any atom is 0.323 e. The van der Waals surface area contributed by atoms with Crippen molar-refractivity contribution in [1.82, 2.24) is 0 Å². The zero-order valence-electron chi connectivity index (χ0n) is 8.93. The lowest BCUT2D eigenvalue weighted by atomic mass is 10.1. The van der Waals surface area contributed by atoms with Gasteiger partial charge in [0, 0.05) is 0 Å². The predicted molar refractivity (Wildman–Crippen MR) is 60.9 cm³/mol. The second-order valence-corrected chi connectivity index (χ2v) is 3.40. The van der Waals surface area contributed by atoms with E-state index in [0.29, 0.717) is 6.42 Å². The number of ether oxygens (including phenoxy) is 1. The van der Waals surface area contributed by atoms with E-state index in [0.717, 1.165) is 5.56 Å². The zero-order chi connectivity index (χ0) is 12.0. The normalized spacial score (nSPS) is 11.8. The van der Waals surface area contributed by atoms with Crippen molar-refractivity contribution in [3.05, 3.63) is 42.5 Å². The first-order valence-corrected chi connectivity index (χ1v) is 4.94. The smallest absolute Gasteiger partial charge is 0.323 e. The van der Waals surface area contributed by atoms with Crippen molar-refractivity contribution in [1.29, 1.82) is 0 Å². The van der Waals surface area contributed by atoms with Crippen molar-refractivity contribution >= 4 is 5.97 Å². The second kappa shape index (κ2) is 5.92. The van der Waals surface area contributed by atoms with Gasteiger partial charge < -0.3 is 15.6 Å². The van der Waals surface area contributed by atoms with Crippen LogP contribution in [0.15, 0.2) is 36.9 Å². The summed E-state index contributed by atoms with van der Waals surface area (Å²) in [4.78, 5) is 11.3. The number of rotatable bonds is 5. The summed E-state index contributed by atoms with van der Waals surface area (Å²) in [6.07, 6.45) is 1.88. The minimum Gasteiger partial charge on any atom is -0.508 e. The molecule has 0 fully saturated rings. The molecule has 0 aliphatic heterocycles. The highest BCUT2D eigenvalue weighted by Gasteiger charge is 2.14. The third-order valence-electron chi connectivity index (χ3n) is 2.04. The molecule has 86 valence electrons. The van der Waals surface area contributed by atoms with E-state index in [9.17, 15) is 4.79 Å². The van der Waals surface area contributed by atoms with Crippen LogP contribution in [0.5, 0.6) is 5.75 Å². The van der Waals surface area contributed by atoms with Crippen molar-refractivity contribution in [3.63, 3.8) is 0 Å². The molecule has 4 heteroatoms. The maximum absolute atomic E-state index is 11.3. The van der Waals surface area contributed by atoms with Crippen molar-refractivity contribution in [2.24, 2.45) is 5.73 Å². The van der Waals surface area contributed by atoms with Crippen LogP contribution in [0.3, 0.4) is 0 Å². The first-order chi connectivity index (χ1) is 7.63. The van der Waals surface area contributed by atoms with Crippen LogP contribution in [-0.4, -0.2) is 23.7 Å². The number of phenols is 1. The Hall–Kier alpha value is -1.81. The minimum atomic E-state index is -0.690. The van der Waals surface area contributed by atoms with Crippen molar-refractivity contribution < 1.29 is 14.6 Å². The highest BCUT2D eigenvalue weighted by molar-refractivity contribution is 5.76. The predicted octanol–water partition coefficient (Wildman–Crippen LogP) is 0.991. The average molecular weight is 221 g/mol. The monoisotopic (exact) mass is 221 g/mol. The summed E-state index contributed by atoms with van der Waals surface area (Å²) in [5.41, 5.74) is 6.53. The molecule has 0 aliphatic carbocycles. The zero-order valence-corrected chi connectivity index (χ0v) is 8.93. The van der Waals surface area contributed by atoms with E-state index in [1.54, 1.807) is 24.3 Å². The highest BCUT2D eigenvalue weighted by Crippen LogP contribution is 2.11. The fraction of sp³-hybridized carbons (Fsp3) is 0.250. The van der Waals surface area contributed by atoms with Gasteiger partial charge >= 0.3 is 5.97 Å². The molecule has 4 nitrogen and oxygen atoms in total. The molecule has 16 heavy (non-hydrogen) atoms. The van der Waals surface area contributed by atoms with Crippen LogP contribution in [-0.2, 0) is 16.0 Å². The quantitative estimate of drug-likeness (QED) is 0.574. The van der Waals surface area contributed by atoms with Gasteiger partial charge in [0.25, 0.3) is 0 Å². The van der Waals surface area contributed by atoms with Gasteiger partial charge in [-0.15, -0.1) is 0 Å². The van der Waals surface area contributed by atoms with Gasteiger partial charge in [-0.1, -0.05) is 24.8 Å². The molecule has 0 aliphatic rings. The lowest BCUT2D eigenvalue weighted by Gasteiger charge is -2.10. The van der Waals surface area contributed by atoms with Gasteiger partial charge in [0.2, 0.25) is 0 Å². The third kappa shape index (κ3) is 3.74. The Morgan fingerprint density at radius 3 is 2.69 bits per heavy atom. The van der Waals surface area contributed by atoms with E-state index in [-0.39, 0.29) is 12.4 Å². The van der Waals surface area contributed by atoms with Gasteiger partial charge in [0.05, 0.1) is 0 Å². The number of phenolic OH excluding ortho intramolecular Hbond substituents is 1. The van der Waals surface area contributed by atoms with Crippen molar-refractivity contribution in [2.75, 3.05) is 6.61 Å². The largest absolute Gasteiger partial charge is 0.508 e. The number of hydrogen-bond acceptors (Lipinski definition) is 4. The van der Waals surface area contributed by atoms with Crippen LogP contribution in [0.25, 0.3) is 0 Å². The number of carbonyl (C=O) groups is 1. The number of benzene rings is 1. The van der Waals surface area contributed by atoms with Gasteiger partial charge in [0.15, 0.2) is 0 Å². The number of aromatic hydroxyl groups is 1. The fourth-order valence-electron chi connectivity index (χ4n) is 1.22. The summed E-state index contributed by atoms with van der Waals surface area (Å²) in [6, 6.07) is 5.85. The number of carbonyl (C=O) groups excluding carboxylic acids is 1. The molecule has 1 rings (SSSR count). The van der Waals surface area contributed by atoms with Crippen molar-refractivity contribution in [3.8, 4) is 5.75 Å². The molecular formula is C12H15NO3. The Morgan fingerprint density at radius 2 is 2.12 bits per heavy atom. The second-order valence-electron chi connectivity index (χ2n) is 3.40. The van der Waals surface area contributed by atoms with Crippen molar-refractivity contribution in [2.45, 2.75) is 12.5 Å². The first kappa shape index (κ1) is 12.3. The Balaban J connectivity index is 2.50. The Labute approximate surface area is 94.3 Å². The van der Waals surface area contributed by atoms with E-state index in [1.165, 1.54) is 6.08 Å². The van der Waals surface area contributed by atoms with Crippen LogP contribution in [0.4, 0.5) is 0 Å². The van der Waals surface area contributed by atoms with Gasteiger partial charge in [-0.25, -0.2) is 0 Å². The summed E-state index contributed by atoms with van der Waals surface area (Å²) in [6.45, 7) is 3.61. The van der Waals surface area contributed by atoms with Crippen LogP contribution in [0, 0.1) is 0 Å². The Kier molecular flexibility index (Phi) is 4.54. The molecular weight excluding hydrogens is 206 g/mol. The maximum atomic E-state index is 11.3. The summed E-state index contributed by atoms with van der Waals surface area (Å²) in [5, 5.41) is 9.08. The minimum absolute atomic E-state index is 0.169. The molecule has 1 aromatic carbocycles. The molecule has 0 unspecified atom stereocenters. The van der Waals surface area contributed by atoms with Crippen LogP contribution >= 0.6 is 0 Å². The summed E-state index contributed by atoms with van der Waals surface area (Å²) in [5.74, 6) is -0.264. The number of hydrogen-bond donors (Lipinski definition) is 2. The number of esters is 1. The highest BCUT2D eigenvalue weighted by atomic mass is 16.5. The molecule has 0 bridgehead atoms.